The average molecular weight is 321 g/mol. The normalized spacial score (nSPS) is 12.4. The Labute approximate surface area is 136 Å². The van der Waals surface area contributed by atoms with Gasteiger partial charge in [-0.15, -0.1) is 11.8 Å². The summed E-state index contributed by atoms with van der Waals surface area (Å²) in [5.41, 5.74) is 6.86. The van der Waals surface area contributed by atoms with Gasteiger partial charge in [-0.05, 0) is 49.1 Å². The summed E-state index contributed by atoms with van der Waals surface area (Å²) in [6, 6.07) is 14.7. The molecule has 0 radical (unpaired) electrons. The molecule has 0 spiro atoms. The summed E-state index contributed by atoms with van der Waals surface area (Å²) in [6.45, 7) is 4.27. The zero-order valence-corrected chi connectivity index (χ0v) is 14.0. The standard InChI is InChI=1S/C17H21ClN2S/c1-12-7-8-14(9-13(12)2)10-15(20-19)11-21-17-6-4-3-5-16(17)18/h3-9,15,20H,10-11,19H2,1-2H3. The van der Waals surface area contributed by atoms with Crippen LogP contribution in [0.5, 0.6) is 0 Å². The molecule has 21 heavy (non-hydrogen) atoms. The minimum Gasteiger partial charge on any atom is -0.271 e. The molecular formula is C17H21ClN2S. The monoisotopic (exact) mass is 320 g/mol. The summed E-state index contributed by atoms with van der Waals surface area (Å²) in [5, 5.41) is 0.796. The maximum atomic E-state index is 6.18. The highest BCUT2D eigenvalue weighted by atomic mass is 35.5. The van der Waals surface area contributed by atoms with E-state index in [4.69, 9.17) is 17.4 Å². The molecule has 1 unspecified atom stereocenters. The first-order chi connectivity index (χ1) is 10.1. The van der Waals surface area contributed by atoms with Crippen LogP contribution >= 0.6 is 23.4 Å². The first-order valence-electron chi connectivity index (χ1n) is 6.99. The summed E-state index contributed by atoms with van der Waals surface area (Å²) in [7, 11) is 0. The van der Waals surface area contributed by atoms with E-state index in [9.17, 15) is 0 Å². The van der Waals surface area contributed by atoms with E-state index in [-0.39, 0.29) is 6.04 Å². The minimum atomic E-state index is 0.216. The van der Waals surface area contributed by atoms with Gasteiger partial charge in [0.05, 0.1) is 5.02 Å². The van der Waals surface area contributed by atoms with E-state index in [0.717, 1.165) is 22.1 Å². The molecule has 1 atom stereocenters. The number of halogens is 1. The number of hydrogen-bond donors (Lipinski definition) is 2. The van der Waals surface area contributed by atoms with Gasteiger partial charge in [0.15, 0.2) is 0 Å². The largest absolute Gasteiger partial charge is 0.271 e. The highest BCUT2D eigenvalue weighted by Crippen LogP contribution is 2.27. The molecule has 0 bridgehead atoms. The van der Waals surface area contributed by atoms with Crippen LogP contribution in [-0.4, -0.2) is 11.8 Å². The number of thioether (sulfide) groups is 1. The molecule has 2 nitrogen and oxygen atoms in total. The molecule has 0 saturated heterocycles. The van der Waals surface area contributed by atoms with Crippen LogP contribution in [0.1, 0.15) is 16.7 Å². The van der Waals surface area contributed by atoms with Crippen molar-refractivity contribution >= 4 is 23.4 Å². The Morgan fingerprint density at radius 3 is 2.57 bits per heavy atom. The van der Waals surface area contributed by atoms with Crippen LogP contribution in [-0.2, 0) is 6.42 Å². The lowest BCUT2D eigenvalue weighted by Crippen LogP contribution is -2.38. The molecule has 2 aromatic rings. The molecule has 0 aliphatic rings. The molecule has 2 aromatic carbocycles. The van der Waals surface area contributed by atoms with Crippen LogP contribution in [0, 0.1) is 13.8 Å². The third kappa shape index (κ3) is 4.75. The molecule has 2 rings (SSSR count). The third-order valence-electron chi connectivity index (χ3n) is 3.57. The number of hydrogen-bond acceptors (Lipinski definition) is 3. The first kappa shape index (κ1) is 16.4. The fourth-order valence-corrected chi connectivity index (χ4v) is 3.41. The Morgan fingerprint density at radius 2 is 1.90 bits per heavy atom. The number of benzene rings is 2. The Hall–Kier alpha value is -1.00. The molecule has 0 heterocycles. The van der Waals surface area contributed by atoms with Crippen molar-refractivity contribution in [3.63, 3.8) is 0 Å². The van der Waals surface area contributed by atoms with Crippen LogP contribution < -0.4 is 11.3 Å². The Bertz CT molecular complexity index is 601. The van der Waals surface area contributed by atoms with Crippen molar-refractivity contribution in [2.45, 2.75) is 31.2 Å². The van der Waals surface area contributed by atoms with E-state index in [1.54, 1.807) is 11.8 Å². The van der Waals surface area contributed by atoms with Crippen molar-refractivity contribution in [3.05, 3.63) is 64.2 Å². The highest BCUT2D eigenvalue weighted by Gasteiger charge is 2.10. The lowest BCUT2D eigenvalue weighted by Gasteiger charge is -2.16. The van der Waals surface area contributed by atoms with Gasteiger partial charge in [-0.1, -0.05) is 41.9 Å². The maximum Gasteiger partial charge on any atom is 0.0541 e. The molecule has 0 aliphatic heterocycles. The van der Waals surface area contributed by atoms with Gasteiger partial charge in [-0.25, -0.2) is 0 Å². The van der Waals surface area contributed by atoms with Crippen LogP contribution in [0.3, 0.4) is 0 Å². The molecule has 3 N–H and O–H groups in total. The predicted molar refractivity (Wildman–Crippen MR) is 92.9 cm³/mol. The van der Waals surface area contributed by atoms with Crippen molar-refractivity contribution in [1.82, 2.24) is 5.43 Å². The van der Waals surface area contributed by atoms with Crippen molar-refractivity contribution in [3.8, 4) is 0 Å². The van der Waals surface area contributed by atoms with Crippen LogP contribution in [0.4, 0.5) is 0 Å². The lowest BCUT2D eigenvalue weighted by molar-refractivity contribution is 0.575. The van der Waals surface area contributed by atoms with E-state index in [1.807, 2.05) is 24.3 Å². The second kappa shape index (κ2) is 7.85. The summed E-state index contributed by atoms with van der Waals surface area (Å²) >= 11 is 7.91. The SMILES string of the molecule is Cc1ccc(CC(CSc2ccccc2Cl)NN)cc1C. The van der Waals surface area contributed by atoms with E-state index in [2.05, 4.69) is 37.5 Å². The van der Waals surface area contributed by atoms with E-state index >= 15 is 0 Å². The fraction of sp³-hybridized carbons (Fsp3) is 0.294. The third-order valence-corrected chi connectivity index (χ3v) is 5.24. The number of hydrazine groups is 1. The quantitative estimate of drug-likeness (QED) is 0.477. The number of aryl methyl sites for hydroxylation is 2. The second-order valence-corrected chi connectivity index (χ2v) is 6.70. The van der Waals surface area contributed by atoms with Gasteiger partial charge in [0.25, 0.3) is 0 Å². The van der Waals surface area contributed by atoms with Gasteiger partial charge < -0.3 is 0 Å². The van der Waals surface area contributed by atoms with Crippen molar-refractivity contribution in [1.29, 1.82) is 0 Å². The van der Waals surface area contributed by atoms with Crippen molar-refractivity contribution in [2.75, 3.05) is 5.75 Å². The summed E-state index contributed by atoms with van der Waals surface area (Å²) in [5.74, 6) is 6.58. The highest BCUT2D eigenvalue weighted by molar-refractivity contribution is 7.99. The van der Waals surface area contributed by atoms with Crippen molar-refractivity contribution < 1.29 is 0 Å². The van der Waals surface area contributed by atoms with E-state index in [1.165, 1.54) is 16.7 Å². The first-order valence-corrected chi connectivity index (χ1v) is 8.36. The lowest BCUT2D eigenvalue weighted by atomic mass is 10.0. The minimum absolute atomic E-state index is 0.216. The Balaban J connectivity index is 1.97. The Kier molecular flexibility index (Phi) is 6.12. The summed E-state index contributed by atoms with van der Waals surface area (Å²) in [4.78, 5) is 1.10. The predicted octanol–water partition coefficient (Wildman–Crippen LogP) is 4.12. The zero-order chi connectivity index (χ0) is 15.2. The summed E-state index contributed by atoms with van der Waals surface area (Å²) in [6.07, 6.45) is 0.912. The van der Waals surface area contributed by atoms with Gasteiger partial charge in [-0.3, -0.25) is 11.3 Å². The molecule has 0 aromatic heterocycles. The smallest absolute Gasteiger partial charge is 0.0541 e. The fourth-order valence-electron chi connectivity index (χ4n) is 2.13. The van der Waals surface area contributed by atoms with Crippen LogP contribution in [0.25, 0.3) is 0 Å². The molecule has 0 amide bonds. The summed E-state index contributed by atoms with van der Waals surface area (Å²) < 4.78 is 0. The van der Waals surface area contributed by atoms with Gasteiger partial charge in [0.1, 0.15) is 0 Å². The topological polar surface area (TPSA) is 38.0 Å². The number of nitrogens with two attached hydrogens (primary N) is 1. The van der Waals surface area contributed by atoms with Gasteiger partial charge in [0.2, 0.25) is 0 Å². The molecule has 0 aliphatic carbocycles. The van der Waals surface area contributed by atoms with Crippen molar-refractivity contribution in [2.24, 2.45) is 5.84 Å². The van der Waals surface area contributed by atoms with E-state index < -0.39 is 0 Å². The molecule has 0 fully saturated rings. The number of nitrogens with one attached hydrogen (secondary N) is 1. The maximum absolute atomic E-state index is 6.18. The van der Waals surface area contributed by atoms with Gasteiger partial charge >= 0.3 is 0 Å². The average Bonchev–Trinajstić information content (AvgIpc) is 2.48. The molecule has 0 saturated carbocycles. The van der Waals surface area contributed by atoms with E-state index in [0.29, 0.717) is 0 Å². The molecule has 4 heteroatoms. The zero-order valence-electron chi connectivity index (χ0n) is 12.4. The molecule has 112 valence electrons. The van der Waals surface area contributed by atoms with Gasteiger partial charge in [-0.2, -0.15) is 0 Å². The van der Waals surface area contributed by atoms with Crippen LogP contribution in [0.2, 0.25) is 5.02 Å². The number of rotatable bonds is 6. The van der Waals surface area contributed by atoms with Crippen LogP contribution in [0.15, 0.2) is 47.4 Å². The second-order valence-electron chi connectivity index (χ2n) is 5.23. The van der Waals surface area contributed by atoms with Gasteiger partial charge in [0, 0.05) is 16.7 Å². The molecular weight excluding hydrogens is 300 g/mol. The Morgan fingerprint density at radius 1 is 1.14 bits per heavy atom.